The van der Waals surface area contributed by atoms with Gasteiger partial charge in [0.15, 0.2) is 0 Å². The summed E-state index contributed by atoms with van der Waals surface area (Å²) in [5, 5.41) is 5.73. The van der Waals surface area contributed by atoms with Crippen LogP contribution < -0.4 is 27.0 Å². The highest BCUT2D eigenvalue weighted by molar-refractivity contribution is 5.90. The Morgan fingerprint density at radius 3 is 2.59 bits per heavy atom. The van der Waals surface area contributed by atoms with Crippen molar-refractivity contribution in [1.82, 2.24) is 10.6 Å². The van der Waals surface area contributed by atoms with E-state index < -0.39 is 30.0 Å². The summed E-state index contributed by atoms with van der Waals surface area (Å²) in [6, 6.07) is 11.4. The van der Waals surface area contributed by atoms with Crippen LogP contribution in [-0.4, -0.2) is 49.7 Å². The summed E-state index contributed by atoms with van der Waals surface area (Å²) in [5.41, 5.74) is 13.3. The molecule has 3 rings (SSSR count). The first-order valence-electron chi connectivity index (χ1n) is 11.1. The third-order valence-electron chi connectivity index (χ3n) is 5.57. The lowest BCUT2D eigenvalue weighted by Crippen LogP contribution is -2.41. The van der Waals surface area contributed by atoms with Crippen LogP contribution in [0.5, 0.6) is 0 Å². The Kier molecular flexibility index (Phi) is 8.55. The fourth-order valence-electron chi connectivity index (χ4n) is 3.71. The van der Waals surface area contributed by atoms with Gasteiger partial charge in [-0.1, -0.05) is 24.3 Å². The zero-order chi connectivity index (χ0) is 24.7. The number of carbonyl (C=O) groups is 3. The van der Waals surface area contributed by atoms with E-state index >= 15 is 0 Å². The molecule has 9 nitrogen and oxygen atoms in total. The standard InChI is InChI=1S/C24H30FN5O4/c1-15(31)28-13-19-14-30(24(33)34-19)18-8-9-20(21(25)11-18)17-6-4-16(5-7-17)12-29-22(23(27)32)3-2-10-26/h4-9,11,19,22,29H,2-3,10,12-14,26H2,1H3,(H2,27,32)(H,28,31)/t19-,22?/m0/s1. The fourth-order valence-corrected chi connectivity index (χ4v) is 3.71. The van der Waals surface area contributed by atoms with Gasteiger partial charge in [-0.25, -0.2) is 9.18 Å². The van der Waals surface area contributed by atoms with Gasteiger partial charge in [0.05, 0.1) is 24.8 Å². The van der Waals surface area contributed by atoms with Gasteiger partial charge in [-0.3, -0.25) is 14.5 Å². The van der Waals surface area contributed by atoms with Crippen molar-refractivity contribution in [2.75, 3.05) is 24.5 Å². The van der Waals surface area contributed by atoms with Crippen LogP contribution >= 0.6 is 0 Å². The summed E-state index contributed by atoms with van der Waals surface area (Å²) in [5.74, 6) is -1.11. The van der Waals surface area contributed by atoms with Crippen molar-refractivity contribution >= 4 is 23.6 Å². The van der Waals surface area contributed by atoms with Crippen molar-refractivity contribution in [2.45, 2.75) is 38.5 Å². The van der Waals surface area contributed by atoms with E-state index in [1.807, 2.05) is 12.1 Å². The molecule has 34 heavy (non-hydrogen) atoms. The Hall–Kier alpha value is -3.50. The molecule has 1 fully saturated rings. The number of carbonyl (C=O) groups excluding carboxylic acids is 3. The van der Waals surface area contributed by atoms with Crippen LogP contribution in [0.1, 0.15) is 25.3 Å². The molecule has 1 heterocycles. The zero-order valence-electron chi connectivity index (χ0n) is 19.1. The first kappa shape index (κ1) is 25.1. The lowest BCUT2D eigenvalue weighted by atomic mass is 10.0. The molecular weight excluding hydrogens is 441 g/mol. The molecule has 1 aliphatic heterocycles. The van der Waals surface area contributed by atoms with Gasteiger partial charge in [-0.05, 0) is 48.7 Å². The summed E-state index contributed by atoms with van der Waals surface area (Å²) >= 11 is 0. The quantitative estimate of drug-likeness (QED) is 0.393. The number of halogens is 1. The van der Waals surface area contributed by atoms with Gasteiger partial charge in [-0.15, -0.1) is 0 Å². The molecule has 3 amide bonds. The van der Waals surface area contributed by atoms with Crippen LogP contribution in [0.4, 0.5) is 14.9 Å². The summed E-state index contributed by atoms with van der Waals surface area (Å²) in [4.78, 5) is 36.1. The SMILES string of the molecule is CC(=O)NC[C@H]1CN(c2ccc(-c3ccc(CNC(CCCN)C(N)=O)cc3)c(F)c2)C(=O)O1. The van der Waals surface area contributed by atoms with Crippen molar-refractivity contribution in [3.05, 3.63) is 53.8 Å². The van der Waals surface area contributed by atoms with Crippen LogP contribution in [0, 0.1) is 5.82 Å². The summed E-state index contributed by atoms with van der Waals surface area (Å²) in [6.45, 7) is 2.73. The molecule has 0 spiro atoms. The van der Waals surface area contributed by atoms with Gasteiger partial charge in [0.25, 0.3) is 0 Å². The molecule has 1 unspecified atom stereocenters. The molecular formula is C24H30FN5O4. The second-order valence-corrected chi connectivity index (χ2v) is 8.18. The monoisotopic (exact) mass is 471 g/mol. The molecule has 1 aliphatic rings. The zero-order valence-corrected chi connectivity index (χ0v) is 19.1. The maximum Gasteiger partial charge on any atom is 0.414 e. The number of nitrogens with two attached hydrogens (primary N) is 2. The third kappa shape index (κ3) is 6.52. The third-order valence-corrected chi connectivity index (χ3v) is 5.57. The van der Waals surface area contributed by atoms with E-state index in [2.05, 4.69) is 10.6 Å². The summed E-state index contributed by atoms with van der Waals surface area (Å²) in [6.07, 6.45) is 0.185. The second kappa shape index (κ2) is 11.6. The molecule has 0 aliphatic carbocycles. The molecule has 1 saturated heterocycles. The maximum absolute atomic E-state index is 14.9. The number of anilines is 1. The fraction of sp³-hybridized carbons (Fsp3) is 0.375. The smallest absolute Gasteiger partial charge is 0.414 e. The minimum atomic E-state index is -0.583. The molecule has 0 bridgehead atoms. The van der Waals surface area contributed by atoms with Crippen LogP contribution in [-0.2, 0) is 20.9 Å². The maximum atomic E-state index is 14.9. The van der Waals surface area contributed by atoms with Gasteiger partial charge in [0, 0.05) is 19.0 Å². The van der Waals surface area contributed by atoms with Crippen LogP contribution in [0.15, 0.2) is 42.5 Å². The molecule has 2 atom stereocenters. The molecule has 0 aromatic heterocycles. The first-order valence-corrected chi connectivity index (χ1v) is 11.1. The average Bonchev–Trinajstić information content (AvgIpc) is 3.18. The van der Waals surface area contributed by atoms with E-state index in [1.54, 1.807) is 24.3 Å². The number of amides is 3. The van der Waals surface area contributed by atoms with Crippen LogP contribution in [0.25, 0.3) is 11.1 Å². The van der Waals surface area contributed by atoms with Crippen LogP contribution in [0.2, 0.25) is 0 Å². The number of ether oxygens (including phenoxy) is 1. The van der Waals surface area contributed by atoms with Crippen molar-refractivity contribution in [3.63, 3.8) is 0 Å². The molecule has 0 saturated carbocycles. The van der Waals surface area contributed by atoms with Crippen LogP contribution in [0.3, 0.4) is 0 Å². The average molecular weight is 472 g/mol. The predicted octanol–water partition coefficient (Wildman–Crippen LogP) is 1.64. The topological polar surface area (TPSA) is 140 Å². The molecule has 0 radical (unpaired) electrons. The minimum Gasteiger partial charge on any atom is -0.442 e. The number of hydrogen-bond donors (Lipinski definition) is 4. The van der Waals surface area contributed by atoms with Crippen molar-refractivity contribution in [3.8, 4) is 11.1 Å². The molecule has 10 heteroatoms. The number of benzene rings is 2. The molecule has 2 aromatic carbocycles. The van der Waals surface area contributed by atoms with Gasteiger partial charge < -0.3 is 26.8 Å². The highest BCUT2D eigenvalue weighted by Gasteiger charge is 2.32. The number of primary amides is 1. The van der Waals surface area contributed by atoms with Crippen molar-refractivity contribution < 1.29 is 23.5 Å². The Balaban J connectivity index is 1.64. The predicted molar refractivity (Wildman–Crippen MR) is 126 cm³/mol. The lowest BCUT2D eigenvalue weighted by Gasteiger charge is -2.16. The summed E-state index contributed by atoms with van der Waals surface area (Å²) < 4.78 is 20.2. The highest BCUT2D eigenvalue weighted by Crippen LogP contribution is 2.29. The Labute approximate surface area is 197 Å². The van der Waals surface area contributed by atoms with E-state index in [0.29, 0.717) is 42.7 Å². The minimum absolute atomic E-state index is 0.201. The Morgan fingerprint density at radius 1 is 1.24 bits per heavy atom. The first-order chi connectivity index (χ1) is 16.3. The molecule has 182 valence electrons. The largest absolute Gasteiger partial charge is 0.442 e. The van der Waals surface area contributed by atoms with Gasteiger partial charge in [0.1, 0.15) is 11.9 Å². The number of cyclic esters (lactones) is 1. The number of hydrogen-bond acceptors (Lipinski definition) is 6. The van der Waals surface area contributed by atoms with Crippen molar-refractivity contribution in [2.24, 2.45) is 11.5 Å². The highest BCUT2D eigenvalue weighted by atomic mass is 19.1. The number of rotatable bonds is 11. The molecule has 2 aromatic rings. The van der Waals surface area contributed by atoms with E-state index in [-0.39, 0.29) is 19.0 Å². The lowest BCUT2D eigenvalue weighted by molar-refractivity contribution is -0.120. The second-order valence-electron chi connectivity index (χ2n) is 8.18. The summed E-state index contributed by atoms with van der Waals surface area (Å²) in [7, 11) is 0. The van der Waals surface area contributed by atoms with Gasteiger partial charge in [-0.2, -0.15) is 0 Å². The molecule has 6 N–H and O–H groups in total. The number of nitrogens with one attached hydrogen (secondary N) is 2. The Morgan fingerprint density at radius 2 is 1.97 bits per heavy atom. The number of nitrogens with zero attached hydrogens (tertiary/aromatic N) is 1. The van der Waals surface area contributed by atoms with Gasteiger partial charge in [0.2, 0.25) is 11.8 Å². The van der Waals surface area contributed by atoms with Crippen molar-refractivity contribution in [1.29, 1.82) is 0 Å². The van der Waals surface area contributed by atoms with Gasteiger partial charge >= 0.3 is 6.09 Å². The van der Waals surface area contributed by atoms with E-state index in [0.717, 1.165) is 5.56 Å². The Bertz CT molecular complexity index is 1030. The van der Waals surface area contributed by atoms with E-state index in [9.17, 15) is 18.8 Å². The van der Waals surface area contributed by atoms with E-state index in [4.69, 9.17) is 16.2 Å². The van der Waals surface area contributed by atoms with E-state index in [1.165, 1.54) is 17.9 Å². The normalized spacial score (nSPS) is 16.3.